The van der Waals surface area contributed by atoms with E-state index in [0.29, 0.717) is 10.6 Å². The average molecular weight is 231 g/mol. The average Bonchev–Trinajstić information content (AvgIpc) is 2.84. The molecular weight excluding hydrogens is 222 g/mol. The first-order valence-electron chi connectivity index (χ1n) is 4.76. The molecule has 0 fully saturated rings. The van der Waals surface area contributed by atoms with Crippen molar-refractivity contribution < 1.29 is 0 Å². The van der Waals surface area contributed by atoms with Gasteiger partial charge >= 0.3 is 0 Å². The van der Waals surface area contributed by atoms with Gasteiger partial charge in [0.1, 0.15) is 0 Å². The standard InChI is InChI=1S/C10H9N5S/c11-15-9(13-14-10(15)16)8-5-6-3-1-2-4-7(6)12-8/h1-5,12H,11H2,(H,14,16). The van der Waals surface area contributed by atoms with Gasteiger partial charge in [-0.05, 0) is 24.4 Å². The molecule has 0 amide bonds. The van der Waals surface area contributed by atoms with Crippen molar-refractivity contribution in [2.45, 2.75) is 0 Å². The van der Waals surface area contributed by atoms with Crippen LogP contribution in [0.4, 0.5) is 0 Å². The number of hydrogen-bond donors (Lipinski definition) is 3. The first kappa shape index (κ1) is 9.17. The molecule has 16 heavy (non-hydrogen) atoms. The van der Waals surface area contributed by atoms with E-state index in [1.165, 1.54) is 4.68 Å². The van der Waals surface area contributed by atoms with Gasteiger partial charge in [-0.25, -0.2) is 9.77 Å². The molecule has 4 N–H and O–H groups in total. The van der Waals surface area contributed by atoms with Crippen molar-refractivity contribution in [1.29, 1.82) is 0 Å². The number of fused-ring (bicyclic) bond motifs is 1. The zero-order valence-corrected chi connectivity index (χ0v) is 9.08. The van der Waals surface area contributed by atoms with Crippen molar-refractivity contribution in [3.8, 4) is 11.5 Å². The number of aromatic amines is 2. The minimum absolute atomic E-state index is 0.397. The van der Waals surface area contributed by atoms with Crippen LogP contribution in [0.25, 0.3) is 22.4 Å². The third-order valence-corrected chi connectivity index (χ3v) is 2.76. The number of nitrogen functional groups attached to an aromatic ring is 1. The van der Waals surface area contributed by atoms with Crippen molar-refractivity contribution in [1.82, 2.24) is 19.9 Å². The monoisotopic (exact) mass is 231 g/mol. The van der Waals surface area contributed by atoms with Crippen LogP contribution >= 0.6 is 12.2 Å². The molecule has 0 aliphatic rings. The molecule has 0 saturated carbocycles. The van der Waals surface area contributed by atoms with Crippen molar-refractivity contribution >= 4 is 23.1 Å². The van der Waals surface area contributed by atoms with E-state index in [-0.39, 0.29) is 0 Å². The quantitative estimate of drug-likeness (QED) is 0.441. The van der Waals surface area contributed by atoms with Crippen molar-refractivity contribution in [2.75, 3.05) is 5.84 Å². The molecule has 5 nitrogen and oxygen atoms in total. The highest BCUT2D eigenvalue weighted by molar-refractivity contribution is 7.71. The summed E-state index contributed by atoms with van der Waals surface area (Å²) in [5, 5.41) is 7.84. The molecule has 3 rings (SSSR count). The lowest BCUT2D eigenvalue weighted by Crippen LogP contribution is -2.09. The fraction of sp³-hybridized carbons (Fsp3) is 0. The zero-order chi connectivity index (χ0) is 11.1. The van der Waals surface area contributed by atoms with Crippen LogP contribution in [-0.2, 0) is 0 Å². The molecular formula is C10H9N5S. The van der Waals surface area contributed by atoms with Crippen LogP contribution in [0.2, 0.25) is 0 Å². The Morgan fingerprint density at radius 3 is 2.81 bits per heavy atom. The summed E-state index contributed by atoms with van der Waals surface area (Å²) >= 11 is 4.96. The van der Waals surface area contributed by atoms with Crippen LogP contribution in [0.1, 0.15) is 0 Å². The van der Waals surface area contributed by atoms with Gasteiger partial charge in [-0.1, -0.05) is 18.2 Å². The van der Waals surface area contributed by atoms with E-state index in [2.05, 4.69) is 15.2 Å². The Kier molecular flexibility index (Phi) is 1.84. The Morgan fingerprint density at radius 1 is 1.31 bits per heavy atom. The van der Waals surface area contributed by atoms with E-state index in [1.54, 1.807) is 0 Å². The van der Waals surface area contributed by atoms with Crippen LogP contribution in [0.5, 0.6) is 0 Å². The van der Waals surface area contributed by atoms with Gasteiger partial charge in [0.2, 0.25) is 4.77 Å². The smallest absolute Gasteiger partial charge is 0.214 e. The van der Waals surface area contributed by atoms with Gasteiger partial charge in [0.25, 0.3) is 0 Å². The van der Waals surface area contributed by atoms with Crippen LogP contribution in [0.15, 0.2) is 30.3 Å². The summed E-state index contributed by atoms with van der Waals surface area (Å²) in [5.74, 6) is 6.35. The highest BCUT2D eigenvalue weighted by Crippen LogP contribution is 2.21. The molecule has 2 heterocycles. The van der Waals surface area contributed by atoms with Gasteiger partial charge in [-0.15, -0.1) is 0 Å². The number of H-pyrrole nitrogens is 2. The van der Waals surface area contributed by atoms with Gasteiger partial charge in [0, 0.05) is 10.9 Å². The van der Waals surface area contributed by atoms with Gasteiger partial charge < -0.3 is 10.8 Å². The van der Waals surface area contributed by atoms with E-state index >= 15 is 0 Å². The lowest BCUT2D eigenvalue weighted by Gasteiger charge is -1.95. The number of nitrogens with two attached hydrogens (primary N) is 1. The number of aromatic nitrogens is 4. The van der Waals surface area contributed by atoms with Crippen LogP contribution < -0.4 is 5.84 Å². The summed E-state index contributed by atoms with van der Waals surface area (Å²) in [5.41, 5.74) is 1.89. The number of rotatable bonds is 1. The highest BCUT2D eigenvalue weighted by Gasteiger charge is 2.08. The normalized spacial score (nSPS) is 11.0. The Bertz CT molecular complexity index is 672. The van der Waals surface area contributed by atoms with Crippen LogP contribution in [-0.4, -0.2) is 19.9 Å². The summed E-state index contributed by atoms with van der Waals surface area (Å²) < 4.78 is 1.74. The van der Waals surface area contributed by atoms with E-state index in [0.717, 1.165) is 16.6 Å². The minimum Gasteiger partial charge on any atom is -0.352 e. The predicted molar refractivity (Wildman–Crippen MR) is 64.9 cm³/mol. The second kappa shape index (κ2) is 3.21. The molecule has 0 radical (unpaired) electrons. The second-order valence-electron chi connectivity index (χ2n) is 3.49. The summed E-state index contributed by atoms with van der Waals surface area (Å²) in [7, 11) is 0. The van der Waals surface area contributed by atoms with E-state index in [9.17, 15) is 0 Å². The largest absolute Gasteiger partial charge is 0.352 e. The zero-order valence-electron chi connectivity index (χ0n) is 8.27. The summed E-state index contributed by atoms with van der Waals surface area (Å²) in [6.45, 7) is 0. The van der Waals surface area contributed by atoms with Crippen molar-refractivity contribution in [2.24, 2.45) is 0 Å². The van der Waals surface area contributed by atoms with E-state index in [1.807, 2.05) is 30.3 Å². The topological polar surface area (TPSA) is 75.4 Å². The molecule has 0 aliphatic heterocycles. The number of nitrogens with zero attached hydrogens (tertiary/aromatic N) is 2. The third-order valence-electron chi connectivity index (χ3n) is 2.48. The van der Waals surface area contributed by atoms with Crippen LogP contribution in [0.3, 0.4) is 0 Å². The van der Waals surface area contributed by atoms with Crippen molar-refractivity contribution in [3.05, 3.63) is 35.1 Å². The van der Waals surface area contributed by atoms with Crippen molar-refractivity contribution in [3.63, 3.8) is 0 Å². The van der Waals surface area contributed by atoms with E-state index in [4.69, 9.17) is 18.1 Å². The fourth-order valence-corrected chi connectivity index (χ4v) is 1.82. The fourth-order valence-electron chi connectivity index (χ4n) is 1.69. The maximum absolute atomic E-state index is 5.76. The molecule has 3 aromatic rings. The maximum atomic E-state index is 5.76. The van der Waals surface area contributed by atoms with Gasteiger partial charge in [-0.3, -0.25) is 0 Å². The summed E-state index contributed by atoms with van der Waals surface area (Å²) in [6.07, 6.45) is 0. The summed E-state index contributed by atoms with van der Waals surface area (Å²) in [4.78, 5) is 3.24. The first-order valence-corrected chi connectivity index (χ1v) is 5.17. The molecule has 0 atom stereocenters. The minimum atomic E-state index is 0.397. The number of nitrogens with one attached hydrogen (secondary N) is 2. The molecule has 2 aromatic heterocycles. The van der Waals surface area contributed by atoms with E-state index < -0.39 is 0 Å². The van der Waals surface area contributed by atoms with Gasteiger partial charge in [-0.2, -0.15) is 5.10 Å². The highest BCUT2D eigenvalue weighted by atomic mass is 32.1. The predicted octanol–water partition coefficient (Wildman–Crippen LogP) is 1.80. The molecule has 0 bridgehead atoms. The lowest BCUT2D eigenvalue weighted by molar-refractivity contribution is 0.980. The Balaban J connectivity index is 2.26. The molecule has 0 unspecified atom stereocenters. The van der Waals surface area contributed by atoms with Gasteiger partial charge in [0.05, 0.1) is 5.69 Å². The first-order chi connectivity index (χ1) is 7.75. The third kappa shape index (κ3) is 1.24. The Labute approximate surface area is 95.9 Å². The number of hydrogen-bond acceptors (Lipinski definition) is 3. The Morgan fingerprint density at radius 2 is 2.12 bits per heavy atom. The van der Waals surface area contributed by atoms with Gasteiger partial charge in [0.15, 0.2) is 5.82 Å². The SMILES string of the molecule is Nn1c(-c2cc3ccccc3[nH]2)n[nH]c1=S. The summed E-state index contributed by atoms with van der Waals surface area (Å²) in [6, 6.07) is 9.98. The maximum Gasteiger partial charge on any atom is 0.214 e. The number of benzene rings is 1. The molecule has 80 valence electrons. The lowest BCUT2D eigenvalue weighted by atomic mass is 10.2. The molecule has 6 heteroatoms. The molecule has 0 spiro atoms. The molecule has 0 saturated heterocycles. The molecule has 0 aliphatic carbocycles. The number of para-hydroxylation sites is 1. The second-order valence-corrected chi connectivity index (χ2v) is 3.88. The Hall–Kier alpha value is -2.08. The van der Waals surface area contributed by atoms with Crippen LogP contribution in [0, 0.1) is 4.77 Å². The molecule has 1 aromatic carbocycles.